The molecule has 0 heterocycles. The molecule has 0 bridgehead atoms. The highest BCUT2D eigenvalue weighted by Crippen LogP contribution is 2.17. The minimum Gasteiger partial charge on any atom is -0.496 e. The number of aliphatic imine (C=N–C) groups is 1. The van der Waals surface area contributed by atoms with Crippen molar-refractivity contribution < 1.29 is 14.3 Å². The highest BCUT2D eigenvalue weighted by Gasteiger charge is 2.14. The number of nitrogens with zero attached hydrogens (tertiary/aromatic N) is 3. The molecule has 0 aliphatic carbocycles. The molecular formula is C20H35IN4O3. The van der Waals surface area contributed by atoms with Crippen molar-refractivity contribution in [2.45, 2.75) is 27.4 Å². The number of benzene rings is 1. The second-order valence-electron chi connectivity index (χ2n) is 6.02. The number of likely N-dealkylation sites (N-methyl/N-ethyl adjacent to an activating group) is 2. The average Bonchev–Trinajstić information content (AvgIpc) is 2.68. The highest BCUT2D eigenvalue weighted by molar-refractivity contribution is 14.0. The van der Waals surface area contributed by atoms with Crippen LogP contribution in [0, 0.1) is 0 Å². The van der Waals surface area contributed by atoms with Gasteiger partial charge in [0.2, 0.25) is 5.91 Å². The maximum absolute atomic E-state index is 12.3. The first-order valence-corrected chi connectivity index (χ1v) is 9.54. The van der Waals surface area contributed by atoms with Crippen molar-refractivity contribution >= 4 is 35.8 Å². The molecule has 0 radical (unpaired) electrons. The van der Waals surface area contributed by atoms with Gasteiger partial charge in [-0.15, -0.1) is 24.0 Å². The fraction of sp³-hybridized carbons (Fsp3) is 0.600. The Labute approximate surface area is 186 Å². The first-order valence-electron chi connectivity index (χ1n) is 9.54. The number of hydrogen-bond donors (Lipinski definition) is 1. The number of nitrogens with one attached hydrogen (secondary N) is 1. The lowest BCUT2D eigenvalue weighted by Gasteiger charge is -2.25. The molecule has 0 aromatic heterocycles. The second-order valence-corrected chi connectivity index (χ2v) is 6.02. The van der Waals surface area contributed by atoms with E-state index in [1.54, 1.807) is 7.11 Å². The summed E-state index contributed by atoms with van der Waals surface area (Å²) in [5.41, 5.74) is 1.01. The SMILES string of the molecule is CCNC(=NCCOCc1ccccc1OC)N(C)CC(=O)N(CC)CC.I. The van der Waals surface area contributed by atoms with E-state index in [0.717, 1.165) is 17.9 Å². The zero-order chi connectivity index (χ0) is 20.1. The molecule has 0 atom stereocenters. The summed E-state index contributed by atoms with van der Waals surface area (Å²) in [6.07, 6.45) is 0. The van der Waals surface area contributed by atoms with Gasteiger partial charge in [-0.1, -0.05) is 18.2 Å². The largest absolute Gasteiger partial charge is 0.496 e. The molecule has 0 unspecified atom stereocenters. The Kier molecular flexibility index (Phi) is 14.5. The van der Waals surface area contributed by atoms with Crippen molar-refractivity contribution in [2.75, 3.05) is 53.5 Å². The van der Waals surface area contributed by atoms with Crippen molar-refractivity contribution in [2.24, 2.45) is 4.99 Å². The smallest absolute Gasteiger partial charge is 0.242 e. The van der Waals surface area contributed by atoms with E-state index in [-0.39, 0.29) is 29.9 Å². The van der Waals surface area contributed by atoms with E-state index in [9.17, 15) is 4.79 Å². The van der Waals surface area contributed by atoms with E-state index in [0.29, 0.717) is 45.4 Å². The Morgan fingerprint density at radius 1 is 1.18 bits per heavy atom. The molecule has 0 aliphatic rings. The second kappa shape index (κ2) is 15.4. The lowest BCUT2D eigenvalue weighted by atomic mass is 10.2. The van der Waals surface area contributed by atoms with E-state index in [1.807, 2.05) is 61.9 Å². The lowest BCUT2D eigenvalue weighted by molar-refractivity contribution is -0.131. The van der Waals surface area contributed by atoms with Crippen LogP contribution in [0.2, 0.25) is 0 Å². The molecule has 1 aromatic rings. The molecule has 0 aliphatic heterocycles. The molecule has 1 aromatic carbocycles. The zero-order valence-electron chi connectivity index (χ0n) is 17.7. The molecule has 7 nitrogen and oxygen atoms in total. The summed E-state index contributed by atoms with van der Waals surface area (Å²) in [6, 6.07) is 7.80. The molecular weight excluding hydrogens is 471 g/mol. The van der Waals surface area contributed by atoms with Gasteiger partial charge >= 0.3 is 0 Å². The van der Waals surface area contributed by atoms with Crippen molar-refractivity contribution in [1.82, 2.24) is 15.1 Å². The number of rotatable bonds is 11. The number of methoxy groups -OCH3 is 1. The third-order valence-electron chi connectivity index (χ3n) is 4.13. The van der Waals surface area contributed by atoms with Crippen LogP contribution in [0.1, 0.15) is 26.3 Å². The molecule has 0 saturated heterocycles. The van der Waals surface area contributed by atoms with Gasteiger partial charge in [-0.3, -0.25) is 9.79 Å². The average molecular weight is 506 g/mol. The summed E-state index contributed by atoms with van der Waals surface area (Å²) in [5, 5.41) is 3.22. The van der Waals surface area contributed by atoms with E-state index in [1.165, 1.54) is 0 Å². The van der Waals surface area contributed by atoms with Gasteiger partial charge in [-0.2, -0.15) is 0 Å². The molecule has 0 fully saturated rings. The van der Waals surface area contributed by atoms with Gasteiger partial charge < -0.3 is 24.6 Å². The zero-order valence-corrected chi connectivity index (χ0v) is 20.1. The van der Waals surface area contributed by atoms with Gasteiger partial charge in [-0.05, 0) is 26.8 Å². The van der Waals surface area contributed by atoms with Crippen LogP contribution in [-0.4, -0.2) is 75.2 Å². The van der Waals surface area contributed by atoms with Crippen LogP contribution in [0.4, 0.5) is 0 Å². The summed E-state index contributed by atoms with van der Waals surface area (Å²) < 4.78 is 11.0. The predicted molar refractivity (Wildman–Crippen MR) is 125 cm³/mol. The van der Waals surface area contributed by atoms with Gasteiger partial charge in [0.1, 0.15) is 5.75 Å². The number of guanidine groups is 1. The minimum atomic E-state index is 0. The highest BCUT2D eigenvalue weighted by atomic mass is 127. The Balaban J connectivity index is 0.00000729. The first kappa shape index (κ1) is 26.4. The number of amides is 1. The van der Waals surface area contributed by atoms with Crippen LogP contribution in [0.5, 0.6) is 5.75 Å². The third-order valence-corrected chi connectivity index (χ3v) is 4.13. The topological polar surface area (TPSA) is 66.4 Å². The van der Waals surface area contributed by atoms with Crippen LogP contribution in [0.25, 0.3) is 0 Å². The molecule has 8 heteroatoms. The molecule has 1 rings (SSSR count). The van der Waals surface area contributed by atoms with Gasteiger partial charge in [0.25, 0.3) is 0 Å². The fourth-order valence-corrected chi connectivity index (χ4v) is 2.64. The van der Waals surface area contributed by atoms with Crippen LogP contribution >= 0.6 is 24.0 Å². The number of para-hydroxylation sites is 1. The van der Waals surface area contributed by atoms with Gasteiger partial charge in [0.15, 0.2) is 5.96 Å². The summed E-state index contributed by atoms with van der Waals surface area (Å²) in [4.78, 5) is 20.5. The first-order chi connectivity index (χ1) is 13.1. The van der Waals surface area contributed by atoms with E-state index in [4.69, 9.17) is 9.47 Å². The molecule has 0 saturated carbocycles. The molecule has 160 valence electrons. The van der Waals surface area contributed by atoms with Gasteiger partial charge in [-0.25, -0.2) is 0 Å². The maximum atomic E-state index is 12.3. The number of hydrogen-bond acceptors (Lipinski definition) is 4. The van der Waals surface area contributed by atoms with Crippen LogP contribution in [-0.2, 0) is 16.1 Å². The normalized spacial score (nSPS) is 10.8. The number of ether oxygens (including phenoxy) is 2. The quantitative estimate of drug-likeness (QED) is 0.216. The third kappa shape index (κ3) is 9.09. The maximum Gasteiger partial charge on any atom is 0.242 e. The van der Waals surface area contributed by atoms with E-state index in [2.05, 4.69) is 10.3 Å². The monoisotopic (exact) mass is 506 g/mol. The summed E-state index contributed by atoms with van der Waals surface area (Å²) in [6.45, 7) is 9.94. The van der Waals surface area contributed by atoms with Crippen molar-refractivity contribution in [3.63, 3.8) is 0 Å². The van der Waals surface area contributed by atoms with E-state index < -0.39 is 0 Å². The molecule has 28 heavy (non-hydrogen) atoms. The molecule has 1 amide bonds. The standard InChI is InChI=1S/C20H34N4O3.HI/c1-6-21-20(23(4)15-19(25)24(7-2)8-3)22-13-14-27-16-17-11-9-10-12-18(17)26-5;/h9-12H,6-8,13-16H2,1-5H3,(H,21,22);1H. The van der Waals surface area contributed by atoms with Gasteiger partial charge in [0, 0.05) is 32.2 Å². The minimum absolute atomic E-state index is 0. The summed E-state index contributed by atoms with van der Waals surface area (Å²) >= 11 is 0. The fourth-order valence-electron chi connectivity index (χ4n) is 2.64. The van der Waals surface area contributed by atoms with Gasteiger partial charge in [0.05, 0.1) is 33.4 Å². The number of carbonyl (C=O) groups excluding carboxylic acids is 1. The lowest BCUT2D eigenvalue weighted by Crippen LogP contribution is -2.45. The predicted octanol–water partition coefficient (Wildman–Crippen LogP) is 2.60. The van der Waals surface area contributed by atoms with Crippen LogP contribution in [0.15, 0.2) is 29.3 Å². The van der Waals surface area contributed by atoms with Crippen molar-refractivity contribution in [3.8, 4) is 5.75 Å². The Bertz CT molecular complexity index is 595. The number of halogens is 1. The summed E-state index contributed by atoms with van der Waals surface area (Å²) in [7, 11) is 3.53. The number of carbonyl (C=O) groups is 1. The Morgan fingerprint density at radius 2 is 1.86 bits per heavy atom. The molecule has 1 N–H and O–H groups in total. The molecule has 0 spiro atoms. The summed E-state index contributed by atoms with van der Waals surface area (Å²) in [5.74, 6) is 1.63. The van der Waals surface area contributed by atoms with E-state index >= 15 is 0 Å². The van der Waals surface area contributed by atoms with Crippen LogP contribution < -0.4 is 10.1 Å². The Hall–Kier alpha value is -1.55. The van der Waals surface area contributed by atoms with Crippen molar-refractivity contribution in [3.05, 3.63) is 29.8 Å². The van der Waals surface area contributed by atoms with Crippen LogP contribution in [0.3, 0.4) is 0 Å². The Morgan fingerprint density at radius 3 is 2.46 bits per heavy atom. The van der Waals surface area contributed by atoms with Crippen molar-refractivity contribution in [1.29, 1.82) is 0 Å².